The number of amides is 1. The first-order valence-electron chi connectivity index (χ1n) is 5.27. The number of nitrogens with two attached hydrogens (primary N) is 1. The van der Waals surface area contributed by atoms with Gasteiger partial charge in [-0.25, -0.2) is 5.01 Å². The van der Waals surface area contributed by atoms with Crippen LogP contribution in [0.4, 0.5) is 0 Å². The molecule has 1 amide bonds. The Bertz CT molecular complexity index is 427. The van der Waals surface area contributed by atoms with E-state index >= 15 is 0 Å². The number of benzene rings is 1. The summed E-state index contributed by atoms with van der Waals surface area (Å²) >= 11 is 0. The molecule has 16 heavy (non-hydrogen) atoms. The molecule has 1 aliphatic heterocycles. The van der Waals surface area contributed by atoms with E-state index in [-0.39, 0.29) is 17.9 Å². The molecule has 0 saturated heterocycles. The molecule has 0 saturated carbocycles. The maximum atomic E-state index is 11.6. The smallest absolute Gasteiger partial charge is 0.251 e. The zero-order chi connectivity index (χ0) is 11.7. The number of carbonyl (C=O) groups is 1. The molecule has 0 radical (unpaired) electrons. The lowest BCUT2D eigenvalue weighted by molar-refractivity contribution is -0.130. The monoisotopic (exact) mass is 217 g/mol. The van der Waals surface area contributed by atoms with Gasteiger partial charge in [0.15, 0.2) is 0 Å². The summed E-state index contributed by atoms with van der Waals surface area (Å²) in [6.45, 7) is 1.84. The molecule has 1 aromatic carbocycles. The molecule has 0 bridgehead atoms. The fourth-order valence-electron chi connectivity index (χ4n) is 1.88. The van der Waals surface area contributed by atoms with Gasteiger partial charge in [0.05, 0.1) is 17.7 Å². The van der Waals surface area contributed by atoms with Crippen molar-refractivity contribution in [1.29, 1.82) is 0 Å². The van der Waals surface area contributed by atoms with E-state index in [4.69, 9.17) is 5.73 Å². The molecule has 0 fully saturated rings. The summed E-state index contributed by atoms with van der Waals surface area (Å²) in [5.41, 5.74) is 7.82. The normalized spacial score (nSPS) is 22.2. The molecule has 2 rings (SSSR count). The van der Waals surface area contributed by atoms with Gasteiger partial charge in [-0.1, -0.05) is 30.3 Å². The van der Waals surface area contributed by atoms with Crippen molar-refractivity contribution in [1.82, 2.24) is 5.01 Å². The fourth-order valence-corrected chi connectivity index (χ4v) is 1.88. The average molecular weight is 217 g/mol. The van der Waals surface area contributed by atoms with Crippen molar-refractivity contribution < 1.29 is 4.79 Å². The van der Waals surface area contributed by atoms with E-state index in [1.54, 1.807) is 7.05 Å². The first-order chi connectivity index (χ1) is 7.61. The van der Waals surface area contributed by atoms with Crippen molar-refractivity contribution in [2.24, 2.45) is 16.8 Å². The highest BCUT2D eigenvalue weighted by atomic mass is 16.2. The van der Waals surface area contributed by atoms with Crippen molar-refractivity contribution >= 4 is 11.6 Å². The van der Waals surface area contributed by atoms with Crippen LogP contribution in [-0.4, -0.2) is 23.7 Å². The first kappa shape index (κ1) is 10.8. The summed E-state index contributed by atoms with van der Waals surface area (Å²) in [4.78, 5) is 11.6. The van der Waals surface area contributed by atoms with E-state index in [1.807, 2.05) is 37.3 Å². The Balaban J connectivity index is 2.27. The Morgan fingerprint density at radius 2 is 2.00 bits per heavy atom. The van der Waals surface area contributed by atoms with Crippen LogP contribution in [0.5, 0.6) is 0 Å². The second-order valence-electron chi connectivity index (χ2n) is 4.00. The number of nitrogens with zero attached hydrogens (tertiary/aromatic N) is 2. The highest BCUT2D eigenvalue weighted by molar-refractivity contribution is 6.10. The zero-order valence-electron chi connectivity index (χ0n) is 9.42. The summed E-state index contributed by atoms with van der Waals surface area (Å²) < 4.78 is 0. The third kappa shape index (κ3) is 1.72. The number of hydrogen-bond donors (Lipinski definition) is 1. The third-order valence-electron chi connectivity index (χ3n) is 2.88. The van der Waals surface area contributed by atoms with Crippen molar-refractivity contribution in [2.75, 3.05) is 7.05 Å². The minimum Gasteiger partial charge on any atom is -0.319 e. The summed E-state index contributed by atoms with van der Waals surface area (Å²) in [6.07, 6.45) is 0. The highest BCUT2D eigenvalue weighted by Crippen LogP contribution is 2.22. The number of hydrogen-bond acceptors (Lipinski definition) is 3. The molecule has 1 aliphatic rings. The van der Waals surface area contributed by atoms with Crippen molar-refractivity contribution in [3.05, 3.63) is 35.9 Å². The van der Waals surface area contributed by atoms with Gasteiger partial charge in [-0.2, -0.15) is 5.10 Å². The van der Waals surface area contributed by atoms with E-state index < -0.39 is 0 Å². The molecule has 4 nitrogen and oxygen atoms in total. The van der Waals surface area contributed by atoms with E-state index in [1.165, 1.54) is 5.01 Å². The minimum absolute atomic E-state index is 0.00128. The van der Waals surface area contributed by atoms with Crippen LogP contribution in [0.25, 0.3) is 0 Å². The minimum atomic E-state index is -0.301. The van der Waals surface area contributed by atoms with Crippen molar-refractivity contribution in [3.63, 3.8) is 0 Å². The predicted octanol–water partition coefficient (Wildman–Crippen LogP) is 1.15. The summed E-state index contributed by atoms with van der Waals surface area (Å²) in [7, 11) is 1.66. The first-order valence-corrected chi connectivity index (χ1v) is 5.27. The predicted molar refractivity (Wildman–Crippen MR) is 62.7 cm³/mol. The Hall–Kier alpha value is -1.68. The van der Waals surface area contributed by atoms with Gasteiger partial charge in [0, 0.05) is 7.05 Å². The van der Waals surface area contributed by atoms with Gasteiger partial charge in [0.2, 0.25) is 0 Å². The quantitative estimate of drug-likeness (QED) is 0.807. The van der Waals surface area contributed by atoms with E-state index in [0.29, 0.717) is 0 Å². The maximum Gasteiger partial charge on any atom is 0.251 e. The van der Waals surface area contributed by atoms with Gasteiger partial charge in [-0.3, -0.25) is 4.79 Å². The SMILES string of the molecule is CC1C(=O)N(C)N=C1C(N)c1ccccc1. The highest BCUT2D eigenvalue weighted by Gasteiger charge is 2.33. The van der Waals surface area contributed by atoms with Crippen LogP contribution >= 0.6 is 0 Å². The van der Waals surface area contributed by atoms with Gasteiger partial charge in [-0.05, 0) is 12.5 Å². The fraction of sp³-hybridized carbons (Fsp3) is 0.333. The third-order valence-corrected chi connectivity index (χ3v) is 2.88. The summed E-state index contributed by atoms with van der Waals surface area (Å²) in [6, 6.07) is 9.39. The molecule has 84 valence electrons. The van der Waals surface area contributed by atoms with Crippen LogP contribution < -0.4 is 5.73 Å². The van der Waals surface area contributed by atoms with Crippen molar-refractivity contribution in [2.45, 2.75) is 13.0 Å². The Morgan fingerprint density at radius 1 is 1.38 bits per heavy atom. The number of carbonyl (C=O) groups excluding carboxylic acids is 1. The van der Waals surface area contributed by atoms with Crippen LogP contribution in [-0.2, 0) is 4.79 Å². The Morgan fingerprint density at radius 3 is 2.50 bits per heavy atom. The zero-order valence-corrected chi connectivity index (χ0v) is 9.42. The van der Waals surface area contributed by atoms with Crippen LogP contribution in [0, 0.1) is 5.92 Å². The molecule has 0 aromatic heterocycles. The molecule has 1 heterocycles. The van der Waals surface area contributed by atoms with Gasteiger partial charge in [0.1, 0.15) is 0 Å². The topological polar surface area (TPSA) is 58.7 Å². The molecule has 0 aliphatic carbocycles. The molecule has 4 heteroatoms. The molecular weight excluding hydrogens is 202 g/mol. The van der Waals surface area contributed by atoms with Crippen LogP contribution in [0.2, 0.25) is 0 Å². The van der Waals surface area contributed by atoms with E-state index in [9.17, 15) is 4.79 Å². The second-order valence-corrected chi connectivity index (χ2v) is 4.00. The molecular formula is C12H15N3O. The largest absolute Gasteiger partial charge is 0.319 e. The lowest BCUT2D eigenvalue weighted by Crippen LogP contribution is -2.28. The lowest BCUT2D eigenvalue weighted by Gasteiger charge is -2.13. The van der Waals surface area contributed by atoms with Crippen molar-refractivity contribution in [3.8, 4) is 0 Å². The van der Waals surface area contributed by atoms with Gasteiger partial charge in [0.25, 0.3) is 5.91 Å². The van der Waals surface area contributed by atoms with Gasteiger partial charge in [-0.15, -0.1) is 0 Å². The molecule has 2 N–H and O–H groups in total. The van der Waals surface area contributed by atoms with Crippen LogP contribution in [0.3, 0.4) is 0 Å². The summed E-state index contributed by atoms with van der Waals surface area (Å²) in [5.74, 6) is -0.221. The van der Waals surface area contributed by atoms with Crippen LogP contribution in [0.1, 0.15) is 18.5 Å². The molecule has 1 aromatic rings. The maximum absolute atomic E-state index is 11.6. The molecule has 2 unspecified atom stereocenters. The average Bonchev–Trinajstić information content (AvgIpc) is 2.57. The van der Waals surface area contributed by atoms with E-state index in [2.05, 4.69) is 5.10 Å². The standard InChI is InChI=1S/C12H15N3O/c1-8-11(14-15(2)12(8)16)10(13)9-6-4-3-5-7-9/h3-8,10H,13H2,1-2H3. The number of rotatable bonds is 2. The summed E-state index contributed by atoms with van der Waals surface area (Å²) in [5, 5.41) is 5.57. The van der Waals surface area contributed by atoms with Crippen LogP contribution in [0.15, 0.2) is 35.4 Å². The Labute approximate surface area is 94.7 Å². The van der Waals surface area contributed by atoms with Gasteiger partial charge >= 0.3 is 0 Å². The molecule has 2 atom stereocenters. The van der Waals surface area contributed by atoms with E-state index in [0.717, 1.165) is 11.3 Å². The van der Waals surface area contributed by atoms with Gasteiger partial charge < -0.3 is 5.73 Å². The Kier molecular flexibility index (Phi) is 2.75. The second kappa shape index (κ2) is 4.06. The lowest BCUT2D eigenvalue weighted by atomic mass is 9.94. The molecule has 0 spiro atoms. The number of hydrazone groups is 1.